The van der Waals surface area contributed by atoms with E-state index in [1.807, 2.05) is 30.3 Å². The Balaban J connectivity index is 1.97. The van der Waals surface area contributed by atoms with E-state index in [1.54, 1.807) is 36.5 Å². The zero-order chi connectivity index (χ0) is 18.9. The van der Waals surface area contributed by atoms with Crippen molar-refractivity contribution in [1.29, 1.82) is 0 Å². The van der Waals surface area contributed by atoms with Crippen LogP contribution in [0.5, 0.6) is 11.5 Å². The second kappa shape index (κ2) is 9.53. The summed E-state index contributed by atoms with van der Waals surface area (Å²) in [5.41, 5.74) is 1.92. The molecule has 136 valence electrons. The molecule has 26 heavy (non-hydrogen) atoms. The molecule has 7 heteroatoms. The van der Waals surface area contributed by atoms with Gasteiger partial charge in [0.25, 0.3) is 0 Å². The van der Waals surface area contributed by atoms with Gasteiger partial charge < -0.3 is 14.8 Å². The normalized spacial score (nSPS) is 10.4. The van der Waals surface area contributed by atoms with Crippen LogP contribution in [0, 0.1) is 0 Å². The molecule has 0 aliphatic heterocycles. The van der Waals surface area contributed by atoms with Crippen molar-refractivity contribution in [3.05, 3.63) is 59.7 Å². The molecule has 0 atom stereocenters. The number of carbonyl (C=O) groups is 1. The third kappa shape index (κ3) is 5.86. The standard InChI is InChI=1S/C19H21N3O3S/c1-14(23)25-17-10-9-16(11-18(17)24-3)13-21-22(2)19(26)20-12-15-7-5-4-6-8-15/h4-11,13H,12H2,1-3H3,(H,20,26)/b21-13-. The molecule has 0 radical (unpaired) electrons. The summed E-state index contributed by atoms with van der Waals surface area (Å²) in [6, 6.07) is 15.1. The highest BCUT2D eigenvalue weighted by Gasteiger charge is 2.08. The first kappa shape index (κ1) is 19.4. The molecule has 2 aromatic carbocycles. The third-order valence-corrected chi connectivity index (χ3v) is 3.81. The molecule has 1 N–H and O–H groups in total. The minimum absolute atomic E-state index is 0.366. The number of carbonyl (C=O) groups excluding carboxylic acids is 1. The molecule has 0 bridgehead atoms. The number of rotatable bonds is 6. The van der Waals surface area contributed by atoms with Gasteiger partial charge in [0.15, 0.2) is 16.6 Å². The van der Waals surface area contributed by atoms with E-state index in [4.69, 9.17) is 21.7 Å². The van der Waals surface area contributed by atoms with Crippen LogP contribution >= 0.6 is 12.2 Å². The van der Waals surface area contributed by atoms with Crippen molar-refractivity contribution in [3.8, 4) is 11.5 Å². The predicted octanol–water partition coefficient (Wildman–Crippen LogP) is 2.96. The fourth-order valence-electron chi connectivity index (χ4n) is 2.10. The fourth-order valence-corrected chi connectivity index (χ4v) is 2.22. The van der Waals surface area contributed by atoms with Crippen molar-refractivity contribution in [1.82, 2.24) is 10.3 Å². The van der Waals surface area contributed by atoms with Gasteiger partial charge in [-0.1, -0.05) is 30.3 Å². The summed E-state index contributed by atoms with van der Waals surface area (Å²) in [6.45, 7) is 1.97. The van der Waals surface area contributed by atoms with Gasteiger partial charge in [-0.25, -0.2) is 5.01 Å². The van der Waals surface area contributed by atoms with Crippen LogP contribution in [0.2, 0.25) is 0 Å². The Morgan fingerprint density at radius 1 is 1.23 bits per heavy atom. The number of ether oxygens (including phenoxy) is 2. The molecular formula is C19H21N3O3S. The maximum Gasteiger partial charge on any atom is 0.308 e. The first-order valence-corrected chi connectivity index (χ1v) is 8.36. The zero-order valence-electron chi connectivity index (χ0n) is 14.9. The topological polar surface area (TPSA) is 63.2 Å². The van der Waals surface area contributed by atoms with Crippen LogP contribution in [0.1, 0.15) is 18.1 Å². The maximum atomic E-state index is 11.1. The quantitative estimate of drug-likeness (QED) is 0.277. The number of methoxy groups -OCH3 is 1. The molecule has 6 nitrogen and oxygen atoms in total. The molecule has 0 saturated heterocycles. The summed E-state index contributed by atoms with van der Waals surface area (Å²) in [5, 5.41) is 9.55. The summed E-state index contributed by atoms with van der Waals surface area (Å²) < 4.78 is 10.3. The summed E-state index contributed by atoms with van der Waals surface area (Å²) in [4.78, 5) is 11.1. The van der Waals surface area contributed by atoms with Gasteiger partial charge >= 0.3 is 5.97 Å². The average molecular weight is 371 g/mol. The van der Waals surface area contributed by atoms with Crippen LogP contribution in [0.4, 0.5) is 0 Å². The van der Waals surface area contributed by atoms with Gasteiger partial charge in [0, 0.05) is 20.5 Å². The zero-order valence-corrected chi connectivity index (χ0v) is 15.7. The molecule has 0 unspecified atom stereocenters. The van der Waals surface area contributed by atoms with Gasteiger partial charge in [0.05, 0.1) is 13.3 Å². The average Bonchev–Trinajstić information content (AvgIpc) is 2.65. The Hall–Kier alpha value is -2.93. The highest BCUT2D eigenvalue weighted by atomic mass is 32.1. The highest BCUT2D eigenvalue weighted by Crippen LogP contribution is 2.27. The molecule has 0 spiro atoms. The highest BCUT2D eigenvalue weighted by molar-refractivity contribution is 7.80. The summed E-state index contributed by atoms with van der Waals surface area (Å²) >= 11 is 5.33. The number of esters is 1. The fraction of sp³-hybridized carbons (Fsp3) is 0.211. The largest absolute Gasteiger partial charge is 0.493 e. The molecule has 0 saturated carbocycles. The number of thiocarbonyl (C=S) groups is 1. The van der Waals surface area contributed by atoms with Gasteiger partial charge in [-0.05, 0) is 41.5 Å². The molecule has 0 aromatic heterocycles. The monoisotopic (exact) mass is 371 g/mol. The first-order valence-electron chi connectivity index (χ1n) is 7.95. The molecule has 0 amide bonds. The lowest BCUT2D eigenvalue weighted by atomic mass is 10.2. The van der Waals surface area contributed by atoms with E-state index in [1.165, 1.54) is 14.0 Å². The number of hydrazone groups is 1. The maximum absolute atomic E-state index is 11.1. The van der Waals surface area contributed by atoms with Crippen molar-refractivity contribution in [2.45, 2.75) is 13.5 Å². The van der Waals surface area contributed by atoms with E-state index >= 15 is 0 Å². The van der Waals surface area contributed by atoms with E-state index in [2.05, 4.69) is 10.4 Å². The van der Waals surface area contributed by atoms with Crippen LogP contribution in [0.3, 0.4) is 0 Å². The van der Waals surface area contributed by atoms with E-state index in [9.17, 15) is 4.79 Å². The second-order valence-corrected chi connectivity index (χ2v) is 5.80. The van der Waals surface area contributed by atoms with Gasteiger partial charge in [0.1, 0.15) is 0 Å². The molecule has 0 aliphatic rings. The lowest BCUT2D eigenvalue weighted by Gasteiger charge is -2.15. The number of nitrogens with one attached hydrogen (secondary N) is 1. The summed E-state index contributed by atoms with van der Waals surface area (Å²) in [5.74, 6) is 0.418. The molecular weight excluding hydrogens is 350 g/mol. The molecule has 2 aromatic rings. The summed E-state index contributed by atoms with van der Waals surface area (Å²) in [6.07, 6.45) is 1.65. The number of hydrogen-bond acceptors (Lipinski definition) is 5. The van der Waals surface area contributed by atoms with Gasteiger partial charge in [-0.2, -0.15) is 5.10 Å². The Morgan fingerprint density at radius 2 is 1.96 bits per heavy atom. The predicted molar refractivity (Wildman–Crippen MR) is 106 cm³/mol. The van der Waals surface area contributed by atoms with Crippen molar-refractivity contribution >= 4 is 29.5 Å². The molecule has 0 fully saturated rings. The van der Waals surface area contributed by atoms with Gasteiger partial charge in [-0.15, -0.1) is 0 Å². The Morgan fingerprint density at radius 3 is 2.62 bits per heavy atom. The van der Waals surface area contributed by atoms with Crippen molar-refractivity contribution < 1.29 is 14.3 Å². The Labute approximate surface area is 158 Å². The van der Waals surface area contributed by atoms with E-state index < -0.39 is 5.97 Å². The number of hydrogen-bond donors (Lipinski definition) is 1. The Bertz CT molecular complexity index is 794. The van der Waals surface area contributed by atoms with Crippen LogP contribution in [0.15, 0.2) is 53.6 Å². The first-order chi connectivity index (χ1) is 12.5. The lowest BCUT2D eigenvalue weighted by Crippen LogP contribution is -2.33. The minimum Gasteiger partial charge on any atom is -0.493 e. The molecule has 0 aliphatic carbocycles. The van der Waals surface area contributed by atoms with Crippen LogP contribution in [-0.4, -0.2) is 36.5 Å². The number of benzene rings is 2. The van der Waals surface area contributed by atoms with Crippen molar-refractivity contribution in [2.24, 2.45) is 5.10 Å². The number of nitrogens with zero attached hydrogens (tertiary/aromatic N) is 2. The Kier molecular flexibility index (Phi) is 7.11. The van der Waals surface area contributed by atoms with E-state index in [0.717, 1.165) is 11.1 Å². The minimum atomic E-state index is -0.403. The lowest BCUT2D eigenvalue weighted by molar-refractivity contribution is -0.132. The van der Waals surface area contributed by atoms with Crippen LogP contribution < -0.4 is 14.8 Å². The van der Waals surface area contributed by atoms with E-state index in [0.29, 0.717) is 23.2 Å². The van der Waals surface area contributed by atoms with Crippen molar-refractivity contribution in [3.63, 3.8) is 0 Å². The van der Waals surface area contributed by atoms with Crippen LogP contribution in [0.25, 0.3) is 0 Å². The second-order valence-electron chi connectivity index (χ2n) is 5.42. The summed E-state index contributed by atoms with van der Waals surface area (Å²) in [7, 11) is 3.28. The van der Waals surface area contributed by atoms with Gasteiger partial charge in [-0.3, -0.25) is 4.79 Å². The van der Waals surface area contributed by atoms with Crippen molar-refractivity contribution in [2.75, 3.05) is 14.2 Å². The van der Waals surface area contributed by atoms with Crippen LogP contribution in [-0.2, 0) is 11.3 Å². The smallest absolute Gasteiger partial charge is 0.308 e. The SMILES string of the molecule is COc1cc(/C=N\N(C)C(=S)NCc2ccccc2)ccc1OC(C)=O. The molecule has 0 heterocycles. The molecule has 2 rings (SSSR count). The van der Waals surface area contributed by atoms with E-state index in [-0.39, 0.29) is 0 Å². The van der Waals surface area contributed by atoms with Gasteiger partial charge in [0.2, 0.25) is 0 Å². The third-order valence-electron chi connectivity index (χ3n) is 3.40.